The van der Waals surface area contributed by atoms with Crippen LogP contribution in [-0.4, -0.2) is 16.1 Å². The number of nitrogens with zero attached hydrogens (tertiary/aromatic N) is 2. The van der Waals surface area contributed by atoms with E-state index in [1.807, 2.05) is 0 Å². The zero-order valence-corrected chi connectivity index (χ0v) is 9.66. The van der Waals surface area contributed by atoms with Crippen LogP contribution in [0.1, 0.15) is 25.7 Å². The minimum atomic E-state index is -0.169. The molecule has 1 aliphatic carbocycles. The van der Waals surface area contributed by atoms with E-state index in [9.17, 15) is 4.79 Å². The maximum absolute atomic E-state index is 11.8. The van der Waals surface area contributed by atoms with Crippen molar-refractivity contribution in [3.8, 4) is 0 Å². The third-order valence-electron chi connectivity index (χ3n) is 2.94. The molecular formula is C10H9N2OS2-. The van der Waals surface area contributed by atoms with Crippen LogP contribution in [-0.2, 0) is 17.4 Å². The van der Waals surface area contributed by atoms with Crippen LogP contribution in [0, 0.1) is 5.92 Å². The lowest BCUT2D eigenvalue weighted by molar-refractivity contribution is -0.118. The van der Waals surface area contributed by atoms with Crippen LogP contribution in [0.2, 0.25) is 0 Å². The molecule has 0 fully saturated rings. The minimum Gasteiger partial charge on any atom is -0.740 e. The maximum atomic E-state index is 11.8. The summed E-state index contributed by atoms with van der Waals surface area (Å²) in [6, 6.07) is 0. The number of rotatable bonds is 0. The zero-order chi connectivity index (χ0) is 10.4. The smallest absolute Gasteiger partial charge is 0.259 e. The van der Waals surface area contributed by atoms with Gasteiger partial charge in [0.05, 0.1) is 5.04 Å². The van der Waals surface area contributed by atoms with Gasteiger partial charge in [0.1, 0.15) is 5.92 Å². The number of allylic oxidation sites excluding steroid dienone is 1. The van der Waals surface area contributed by atoms with E-state index in [0.717, 1.165) is 17.9 Å². The van der Waals surface area contributed by atoms with Crippen LogP contribution in [0.15, 0.2) is 20.5 Å². The molecule has 15 heavy (non-hydrogen) atoms. The van der Waals surface area contributed by atoms with Crippen molar-refractivity contribution in [3.05, 3.63) is 10.5 Å². The summed E-state index contributed by atoms with van der Waals surface area (Å²) in [4.78, 5) is 21.1. The standard InChI is InChI=1S/C10H10N2OS2/c13-8-7-5-3-1-2-4-6(5)15-9(7)12-10(14)11-8/h7H,1-4H2,(H,11,13,14)/p-1. The summed E-state index contributed by atoms with van der Waals surface area (Å²) >= 11 is 6.51. The minimum absolute atomic E-state index is 0.107. The summed E-state index contributed by atoms with van der Waals surface area (Å²) in [6.45, 7) is 0. The normalized spacial score (nSPS) is 29.6. The van der Waals surface area contributed by atoms with E-state index < -0.39 is 0 Å². The molecule has 1 unspecified atom stereocenters. The van der Waals surface area contributed by atoms with E-state index in [1.165, 1.54) is 23.3 Å². The van der Waals surface area contributed by atoms with Gasteiger partial charge in [-0.3, -0.25) is 9.79 Å². The van der Waals surface area contributed by atoms with Crippen LogP contribution in [0.3, 0.4) is 0 Å². The number of thioether (sulfide) groups is 1. The van der Waals surface area contributed by atoms with Crippen molar-refractivity contribution < 1.29 is 4.79 Å². The Hall–Kier alpha value is -0.680. The Morgan fingerprint density at radius 1 is 1.27 bits per heavy atom. The van der Waals surface area contributed by atoms with Gasteiger partial charge < -0.3 is 12.6 Å². The van der Waals surface area contributed by atoms with Gasteiger partial charge in [0, 0.05) is 5.17 Å². The van der Waals surface area contributed by atoms with Crippen molar-refractivity contribution in [2.75, 3.05) is 0 Å². The summed E-state index contributed by atoms with van der Waals surface area (Å²) in [6.07, 6.45) is 4.53. The van der Waals surface area contributed by atoms with Gasteiger partial charge in [0.15, 0.2) is 0 Å². The highest BCUT2D eigenvalue weighted by Crippen LogP contribution is 2.47. The third-order valence-corrected chi connectivity index (χ3v) is 4.37. The van der Waals surface area contributed by atoms with Crippen molar-refractivity contribution in [1.82, 2.24) is 0 Å². The Kier molecular flexibility index (Phi) is 2.17. The lowest BCUT2D eigenvalue weighted by atomic mass is 9.89. The molecule has 2 heterocycles. The van der Waals surface area contributed by atoms with Gasteiger partial charge in [-0.15, -0.1) is 0 Å². The van der Waals surface area contributed by atoms with E-state index in [4.69, 9.17) is 12.6 Å². The fraction of sp³-hybridized carbons (Fsp3) is 0.500. The SMILES string of the molecule is O=C1N=C([S-])N=C2SC3=C(CCCC3)C12. The van der Waals surface area contributed by atoms with Gasteiger partial charge in [-0.2, -0.15) is 0 Å². The number of amides is 1. The summed E-state index contributed by atoms with van der Waals surface area (Å²) in [5, 5.41) is 1.06. The topological polar surface area (TPSA) is 41.8 Å². The van der Waals surface area contributed by atoms with Gasteiger partial charge in [0.2, 0.25) is 0 Å². The highest BCUT2D eigenvalue weighted by atomic mass is 32.2. The molecule has 2 aliphatic heterocycles. The third kappa shape index (κ3) is 1.45. The van der Waals surface area contributed by atoms with Gasteiger partial charge in [-0.25, -0.2) is 4.99 Å². The summed E-state index contributed by atoms with van der Waals surface area (Å²) < 4.78 is 0. The predicted molar refractivity (Wildman–Crippen MR) is 63.8 cm³/mol. The second kappa shape index (κ2) is 3.42. The molecule has 0 aromatic rings. The molecule has 3 aliphatic rings. The lowest BCUT2D eigenvalue weighted by Gasteiger charge is -2.19. The summed E-state index contributed by atoms with van der Waals surface area (Å²) in [7, 11) is 0. The first-order valence-electron chi connectivity index (χ1n) is 5.03. The molecule has 3 rings (SSSR count). The Labute approximate surface area is 97.5 Å². The van der Waals surface area contributed by atoms with E-state index in [-0.39, 0.29) is 17.0 Å². The van der Waals surface area contributed by atoms with Crippen LogP contribution in [0.25, 0.3) is 0 Å². The second-order valence-corrected chi connectivity index (χ2v) is 5.35. The first-order valence-corrected chi connectivity index (χ1v) is 6.26. The maximum Gasteiger partial charge on any atom is 0.259 e. The number of aliphatic imine (C=N–C) groups is 2. The highest BCUT2D eigenvalue weighted by molar-refractivity contribution is 8.17. The van der Waals surface area contributed by atoms with Gasteiger partial charge in [-0.1, -0.05) is 11.8 Å². The molecule has 5 heteroatoms. The Bertz CT molecular complexity index is 437. The molecule has 0 spiro atoms. The molecule has 1 atom stereocenters. The van der Waals surface area contributed by atoms with Crippen molar-refractivity contribution in [2.45, 2.75) is 25.7 Å². The molecule has 0 aromatic carbocycles. The number of carbonyl (C=O) groups is 1. The number of amidine groups is 1. The summed E-state index contributed by atoms with van der Waals surface area (Å²) in [5.74, 6) is -0.276. The van der Waals surface area contributed by atoms with Crippen molar-refractivity contribution in [1.29, 1.82) is 0 Å². The molecule has 78 valence electrons. The largest absolute Gasteiger partial charge is 0.740 e. The average Bonchev–Trinajstić information content (AvgIpc) is 2.54. The first-order chi connectivity index (χ1) is 7.25. The number of fused-ring (bicyclic) bond motifs is 2. The van der Waals surface area contributed by atoms with Crippen LogP contribution in [0.4, 0.5) is 0 Å². The number of carbonyl (C=O) groups excluding carboxylic acids is 1. The van der Waals surface area contributed by atoms with Gasteiger partial charge >= 0.3 is 0 Å². The molecule has 0 saturated heterocycles. The molecule has 0 aromatic heterocycles. The second-order valence-electron chi connectivity index (χ2n) is 3.87. The fourth-order valence-corrected chi connectivity index (χ4v) is 3.87. The van der Waals surface area contributed by atoms with Gasteiger partial charge in [0.25, 0.3) is 5.91 Å². The predicted octanol–water partition coefficient (Wildman–Crippen LogP) is 2.02. The van der Waals surface area contributed by atoms with Crippen molar-refractivity contribution in [2.24, 2.45) is 15.9 Å². The van der Waals surface area contributed by atoms with Gasteiger partial charge in [-0.05, 0) is 36.2 Å². The average molecular weight is 237 g/mol. The number of hydrogen-bond acceptors (Lipinski definition) is 4. The van der Waals surface area contributed by atoms with Crippen LogP contribution < -0.4 is 0 Å². The quantitative estimate of drug-likeness (QED) is 0.605. The first kappa shape index (κ1) is 9.54. The Morgan fingerprint density at radius 3 is 2.93 bits per heavy atom. The Balaban J connectivity index is 2.03. The molecule has 1 amide bonds. The van der Waals surface area contributed by atoms with E-state index in [2.05, 4.69) is 9.98 Å². The molecule has 0 bridgehead atoms. The number of hydrogen-bond donors (Lipinski definition) is 0. The monoisotopic (exact) mass is 237 g/mol. The molecule has 3 nitrogen and oxygen atoms in total. The fourth-order valence-electron chi connectivity index (χ4n) is 2.28. The van der Waals surface area contributed by atoms with E-state index in [0.29, 0.717) is 0 Å². The van der Waals surface area contributed by atoms with Crippen molar-refractivity contribution >= 4 is 40.5 Å². The lowest BCUT2D eigenvalue weighted by Crippen LogP contribution is -2.25. The highest BCUT2D eigenvalue weighted by Gasteiger charge is 2.39. The van der Waals surface area contributed by atoms with Crippen LogP contribution >= 0.6 is 11.8 Å². The Morgan fingerprint density at radius 2 is 2.07 bits per heavy atom. The van der Waals surface area contributed by atoms with Crippen molar-refractivity contribution in [3.63, 3.8) is 0 Å². The molecule has 0 N–H and O–H groups in total. The van der Waals surface area contributed by atoms with E-state index >= 15 is 0 Å². The molecule has 0 radical (unpaired) electrons. The zero-order valence-electron chi connectivity index (χ0n) is 8.02. The summed E-state index contributed by atoms with van der Waals surface area (Å²) in [5.41, 5.74) is 1.27. The van der Waals surface area contributed by atoms with E-state index in [1.54, 1.807) is 11.8 Å². The van der Waals surface area contributed by atoms with Crippen LogP contribution in [0.5, 0.6) is 0 Å². The molecule has 0 saturated carbocycles. The molecular weight excluding hydrogens is 228 g/mol.